The van der Waals surface area contributed by atoms with Crippen molar-refractivity contribution in [3.8, 4) is 0 Å². The van der Waals surface area contributed by atoms with Crippen LogP contribution in [0.15, 0.2) is 46.3 Å². The van der Waals surface area contributed by atoms with E-state index in [9.17, 15) is 5.11 Å². The average Bonchev–Trinajstić information content (AvgIpc) is 2.77. The highest BCUT2D eigenvalue weighted by Gasteiger charge is 2.10. The van der Waals surface area contributed by atoms with E-state index in [1.54, 1.807) is 11.3 Å². The molecule has 2 N–H and O–H groups in total. The van der Waals surface area contributed by atoms with Gasteiger partial charge in [0.1, 0.15) is 0 Å². The van der Waals surface area contributed by atoms with Crippen LogP contribution in [0, 0.1) is 0 Å². The van der Waals surface area contributed by atoms with E-state index in [1.165, 1.54) is 4.88 Å². The fourth-order valence-corrected chi connectivity index (χ4v) is 3.08. The SMILES string of the molecule is OCC(NCc1sccc1Br)c1ccccc1. The van der Waals surface area contributed by atoms with Crippen molar-refractivity contribution in [3.05, 3.63) is 56.7 Å². The maximum absolute atomic E-state index is 9.41. The number of nitrogens with one attached hydrogen (secondary N) is 1. The molecule has 0 amide bonds. The second kappa shape index (κ2) is 6.31. The predicted octanol–water partition coefficient (Wildman–Crippen LogP) is 3.33. The minimum atomic E-state index is -0.00907. The Kier molecular flexibility index (Phi) is 4.74. The molecule has 0 bridgehead atoms. The molecule has 17 heavy (non-hydrogen) atoms. The number of aliphatic hydroxyl groups excluding tert-OH is 1. The van der Waals surface area contributed by atoms with E-state index in [-0.39, 0.29) is 12.6 Å². The van der Waals surface area contributed by atoms with Gasteiger partial charge in [-0.15, -0.1) is 11.3 Å². The first-order valence-corrected chi connectivity index (χ1v) is 7.09. The molecule has 1 heterocycles. The van der Waals surface area contributed by atoms with E-state index >= 15 is 0 Å². The summed E-state index contributed by atoms with van der Waals surface area (Å²) >= 11 is 5.21. The van der Waals surface area contributed by atoms with Gasteiger partial charge in [-0.25, -0.2) is 0 Å². The van der Waals surface area contributed by atoms with Crippen molar-refractivity contribution >= 4 is 27.3 Å². The summed E-state index contributed by atoms with van der Waals surface area (Å²) in [6.45, 7) is 0.866. The number of halogens is 1. The molecule has 2 rings (SSSR count). The second-order valence-corrected chi connectivity index (χ2v) is 5.57. The fraction of sp³-hybridized carbons (Fsp3) is 0.231. The second-order valence-electron chi connectivity index (χ2n) is 3.72. The summed E-state index contributed by atoms with van der Waals surface area (Å²) < 4.78 is 1.12. The zero-order valence-electron chi connectivity index (χ0n) is 9.27. The van der Waals surface area contributed by atoms with E-state index < -0.39 is 0 Å². The van der Waals surface area contributed by atoms with Crippen LogP contribution in [0.3, 0.4) is 0 Å². The highest BCUT2D eigenvalue weighted by atomic mass is 79.9. The highest BCUT2D eigenvalue weighted by Crippen LogP contribution is 2.23. The molecular weight excluding hydrogens is 298 g/mol. The molecule has 0 radical (unpaired) electrons. The summed E-state index contributed by atoms with van der Waals surface area (Å²) in [5, 5.41) is 14.8. The highest BCUT2D eigenvalue weighted by molar-refractivity contribution is 9.10. The summed E-state index contributed by atoms with van der Waals surface area (Å²) in [6, 6.07) is 12.0. The standard InChI is InChI=1S/C13H14BrNOS/c14-11-6-7-17-13(11)8-15-12(9-16)10-4-2-1-3-5-10/h1-7,12,15-16H,8-9H2. The summed E-state index contributed by atoms with van der Waals surface area (Å²) in [6.07, 6.45) is 0. The lowest BCUT2D eigenvalue weighted by Crippen LogP contribution is -2.23. The summed E-state index contributed by atoms with van der Waals surface area (Å²) in [5.41, 5.74) is 1.11. The molecule has 2 aromatic rings. The number of rotatable bonds is 5. The van der Waals surface area contributed by atoms with Gasteiger partial charge in [0, 0.05) is 15.9 Å². The largest absolute Gasteiger partial charge is 0.394 e. The molecule has 1 aromatic heterocycles. The van der Waals surface area contributed by atoms with Crippen LogP contribution < -0.4 is 5.32 Å². The molecule has 1 atom stereocenters. The summed E-state index contributed by atoms with van der Waals surface area (Å²) in [4.78, 5) is 1.25. The molecule has 1 aromatic carbocycles. The first-order valence-electron chi connectivity index (χ1n) is 5.42. The normalized spacial score (nSPS) is 12.6. The Morgan fingerprint density at radius 1 is 1.24 bits per heavy atom. The third kappa shape index (κ3) is 3.39. The van der Waals surface area contributed by atoms with Crippen molar-refractivity contribution in [1.82, 2.24) is 5.32 Å². The Labute approximate surface area is 113 Å². The Bertz CT molecular complexity index is 457. The smallest absolute Gasteiger partial charge is 0.0626 e. The van der Waals surface area contributed by atoms with Crippen molar-refractivity contribution in [2.75, 3.05) is 6.61 Å². The molecule has 0 aliphatic carbocycles. The summed E-state index contributed by atoms with van der Waals surface area (Å²) in [5.74, 6) is 0. The van der Waals surface area contributed by atoms with Gasteiger partial charge in [0.2, 0.25) is 0 Å². The van der Waals surface area contributed by atoms with Crippen molar-refractivity contribution in [1.29, 1.82) is 0 Å². The Hall–Kier alpha value is -0.680. The van der Waals surface area contributed by atoms with E-state index in [2.05, 4.69) is 26.6 Å². The molecule has 1 unspecified atom stereocenters. The van der Waals surface area contributed by atoms with Crippen LogP contribution in [0.5, 0.6) is 0 Å². The molecule has 0 spiro atoms. The van der Waals surface area contributed by atoms with E-state index in [1.807, 2.05) is 36.4 Å². The molecule has 2 nitrogen and oxygen atoms in total. The van der Waals surface area contributed by atoms with E-state index in [0.717, 1.165) is 16.6 Å². The molecule has 0 aliphatic rings. The number of hydrogen-bond acceptors (Lipinski definition) is 3. The van der Waals surface area contributed by atoms with Crippen molar-refractivity contribution < 1.29 is 5.11 Å². The number of thiophene rings is 1. The Balaban J connectivity index is 1.99. The fourth-order valence-electron chi connectivity index (χ4n) is 1.64. The lowest BCUT2D eigenvalue weighted by molar-refractivity contribution is 0.244. The number of benzene rings is 1. The monoisotopic (exact) mass is 311 g/mol. The minimum absolute atomic E-state index is 0.00907. The first kappa shape index (κ1) is 12.8. The van der Waals surface area contributed by atoms with E-state index in [0.29, 0.717) is 0 Å². The maximum atomic E-state index is 9.41. The predicted molar refractivity (Wildman–Crippen MR) is 75.1 cm³/mol. The third-order valence-electron chi connectivity index (χ3n) is 2.58. The van der Waals surface area contributed by atoms with Gasteiger partial charge in [0.15, 0.2) is 0 Å². The van der Waals surface area contributed by atoms with Crippen LogP contribution in [0.2, 0.25) is 0 Å². The van der Waals surface area contributed by atoms with E-state index in [4.69, 9.17) is 0 Å². The van der Waals surface area contributed by atoms with Gasteiger partial charge < -0.3 is 10.4 Å². The zero-order valence-corrected chi connectivity index (χ0v) is 11.7. The van der Waals surface area contributed by atoms with Crippen LogP contribution in [0.1, 0.15) is 16.5 Å². The molecule has 0 saturated carbocycles. The lowest BCUT2D eigenvalue weighted by Gasteiger charge is -2.16. The molecular formula is C13H14BrNOS. The topological polar surface area (TPSA) is 32.3 Å². The lowest BCUT2D eigenvalue weighted by atomic mass is 10.1. The third-order valence-corrected chi connectivity index (χ3v) is 4.51. The van der Waals surface area contributed by atoms with Gasteiger partial charge >= 0.3 is 0 Å². The quantitative estimate of drug-likeness (QED) is 0.887. The van der Waals surface area contributed by atoms with Gasteiger partial charge in [-0.1, -0.05) is 30.3 Å². The average molecular weight is 312 g/mol. The van der Waals surface area contributed by atoms with Gasteiger partial charge in [0.05, 0.1) is 12.6 Å². The Morgan fingerprint density at radius 3 is 2.59 bits per heavy atom. The van der Waals surface area contributed by atoms with Crippen molar-refractivity contribution in [3.63, 3.8) is 0 Å². The molecule has 4 heteroatoms. The van der Waals surface area contributed by atoms with Crippen LogP contribution >= 0.6 is 27.3 Å². The zero-order chi connectivity index (χ0) is 12.1. The van der Waals surface area contributed by atoms with Gasteiger partial charge in [-0.2, -0.15) is 0 Å². The Morgan fingerprint density at radius 2 is 2.00 bits per heavy atom. The van der Waals surface area contributed by atoms with Crippen molar-refractivity contribution in [2.24, 2.45) is 0 Å². The van der Waals surface area contributed by atoms with Gasteiger partial charge in [-0.05, 0) is 32.9 Å². The molecule has 90 valence electrons. The number of hydrogen-bond donors (Lipinski definition) is 2. The van der Waals surface area contributed by atoms with Gasteiger partial charge in [-0.3, -0.25) is 0 Å². The molecule has 0 aliphatic heterocycles. The summed E-state index contributed by atoms with van der Waals surface area (Å²) in [7, 11) is 0. The maximum Gasteiger partial charge on any atom is 0.0626 e. The minimum Gasteiger partial charge on any atom is -0.394 e. The van der Waals surface area contributed by atoms with Gasteiger partial charge in [0.25, 0.3) is 0 Å². The molecule has 0 fully saturated rings. The van der Waals surface area contributed by atoms with Crippen LogP contribution in [0.4, 0.5) is 0 Å². The molecule has 0 saturated heterocycles. The van der Waals surface area contributed by atoms with Crippen LogP contribution in [0.25, 0.3) is 0 Å². The first-order chi connectivity index (χ1) is 8.31. The van der Waals surface area contributed by atoms with Crippen molar-refractivity contribution in [2.45, 2.75) is 12.6 Å². The van der Waals surface area contributed by atoms with Crippen LogP contribution in [-0.2, 0) is 6.54 Å². The number of aliphatic hydroxyl groups is 1. The van der Waals surface area contributed by atoms with Crippen LogP contribution in [-0.4, -0.2) is 11.7 Å².